The van der Waals surface area contributed by atoms with Crippen molar-refractivity contribution in [2.24, 2.45) is 0 Å². The molecule has 11 heteroatoms. The largest absolute Gasteiger partial charge is 0.451 e. The lowest BCUT2D eigenvalue weighted by molar-refractivity contribution is -0.144. The average molecular weight is 349 g/mol. The number of aromatic amines is 1. The molecule has 2 amide bonds. The van der Waals surface area contributed by atoms with E-state index in [2.05, 4.69) is 15.4 Å². The maximum Gasteiger partial charge on any atom is 0.451 e. The molecule has 0 aliphatic carbocycles. The van der Waals surface area contributed by atoms with Crippen LogP contribution in [0.1, 0.15) is 39.4 Å². The van der Waals surface area contributed by atoms with E-state index in [-0.39, 0.29) is 0 Å². The number of carbonyl (C=O) groups is 2. The summed E-state index contributed by atoms with van der Waals surface area (Å²) in [4.78, 5) is 28.7. The number of likely N-dealkylation sites (tertiary alicyclic amines) is 1. The van der Waals surface area contributed by atoms with Gasteiger partial charge in [0.1, 0.15) is 11.6 Å². The monoisotopic (exact) mass is 349 g/mol. The van der Waals surface area contributed by atoms with Crippen LogP contribution in [0.4, 0.5) is 23.9 Å². The fourth-order valence-electron chi connectivity index (χ4n) is 2.22. The molecule has 1 aromatic rings. The van der Waals surface area contributed by atoms with Crippen molar-refractivity contribution < 1.29 is 27.5 Å². The number of halogens is 3. The van der Waals surface area contributed by atoms with Gasteiger partial charge in [0.2, 0.25) is 17.7 Å². The Morgan fingerprint density at radius 3 is 2.54 bits per heavy atom. The van der Waals surface area contributed by atoms with Crippen molar-refractivity contribution in [3.05, 3.63) is 5.82 Å². The summed E-state index contributed by atoms with van der Waals surface area (Å²) < 4.78 is 42.6. The van der Waals surface area contributed by atoms with Gasteiger partial charge in [-0.15, -0.1) is 5.10 Å². The van der Waals surface area contributed by atoms with Gasteiger partial charge in [-0.1, -0.05) is 0 Å². The predicted octanol–water partition coefficient (Wildman–Crippen LogP) is 2.16. The number of amides is 2. The van der Waals surface area contributed by atoms with Gasteiger partial charge < -0.3 is 4.74 Å². The van der Waals surface area contributed by atoms with Crippen LogP contribution < -0.4 is 5.32 Å². The van der Waals surface area contributed by atoms with Crippen molar-refractivity contribution in [2.75, 3.05) is 11.9 Å². The van der Waals surface area contributed by atoms with Crippen molar-refractivity contribution >= 4 is 17.9 Å². The highest BCUT2D eigenvalue weighted by Gasteiger charge is 2.38. The van der Waals surface area contributed by atoms with E-state index in [0.717, 1.165) is 0 Å². The number of hydrogen-bond acceptors (Lipinski definition) is 5. The zero-order chi connectivity index (χ0) is 18.1. The Hall–Kier alpha value is -2.33. The third-order valence-electron chi connectivity index (χ3n) is 3.17. The molecular weight excluding hydrogens is 331 g/mol. The molecule has 0 radical (unpaired) electrons. The van der Waals surface area contributed by atoms with Gasteiger partial charge in [-0.2, -0.15) is 18.2 Å². The minimum Gasteiger partial charge on any atom is -0.444 e. The maximum absolute atomic E-state index is 12.4. The number of alkyl halides is 3. The van der Waals surface area contributed by atoms with E-state index in [1.807, 2.05) is 0 Å². The first kappa shape index (κ1) is 18.0. The minimum atomic E-state index is -4.69. The van der Waals surface area contributed by atoms with E-state index in [1.54, 1.807) is 25.9 Å². The molecule has 2 rings (SSSR count). The Morgan fingerprint density at radius 2 is 2.00 bits per heavy atom. The van der Waals surface area contributed by atoms with E-state index in [4.69, 9.17) is 4.74 Å². The number of nitrogens with zero attached hydrogens (tertiary/aromatic N) is 3. The molecule has 1 atom stereocenters. The predicted molar refractivity (Wildman–Crippen MR) is 76.0 cm³/mol. The van der Waals surface area contributed by atoms with Gasteiger partial charge in [-0.25, -0.2) is 4.79 Å². The molecule has 2 heterocycles. The Kier molecular flexibility index (Phi) is 4.72. The van der Waals surface area contributed by atoms with Crippen LogP contribution in [0.5, 0.6) is 0 Å². The first-order valence-electron chi connectivity index (χ1n) is 7.27. The smallest absolute Gasteiger partial charge is 0.444 e. The highest BCUT2D eigenvalue weighted by molar-refractivity contribution is 5.95. The van der Waals surface area contributed by atoms with Crippen molar-refractivity contribution in [1.29, 1.82) is 0 Å². The van der Waals surface area contributed by atoms with E-state index >= 15 is 0 Å². The lowest BCUT2D eigenvalue weighted by atomic mass is 10.2. The molecule has 134 valence electrons. The van der Waals surface area contributed by atoms with Crippen molar-refractivity contribution in [3.63, 3.8) is 0 Å². The summed E-state index contributed by atoms with van der Waals surface area (Å²) in [6, 6.07) is -0.840. The summed E-state index contributed by atoms with van der Waals surface area (Å²) in [6.07, 6.45) is -4.38. The molecule has 8 nitrogen and oxygen atoms in total. The fourth-order valence-corrected chi connectivity index (χ4v) is 2.22. The van der Waals surface area contributed by atoms with Crippen LogP contribution in [0.2, 0.25) is 0 Å². The molecule has 24 heavy (non-hydrogen) atoms. The standard InChI is InChI=1S/C13H18F3N5O3/c1-12(2,3)24-11(23)21-6-4-5-7(21)8(22)17-10-18-9(19-20-10)13(14,15)16/h7H,4-6H2,1-3H3,(H2,17,18,19,20,22)/t7-/m1/s1. The number of hydrogen-bond donors (Lipinski definition) is 2. The molecule has 0 bridgehead atoms. The number of aromatic nitrogens is 3. The average Bonchev–Trinajstić information content (AvgIpc) is 3.03. The summed E-state index contributed by atoms with van der Waals surface area (Å²) in [5, 5.41) is 7.18. The van der Waals surface area contributed by atoms with Crippen molar-refractivity contribution in [1.82, 2.24) is 20.1 Å². The van der Waals surface area contributed by atoms with E-state index < -0.39 is 41.6 Å². The second-order valence-corrected chi connectivity index (χ2v) is 6.33. The summed E-state index contributed by atoms with van der Waals surface area (Å²) in [6.45, 7) is 5.42. The molecular formula is C13H18F3N5O3. The van der Waals surface area contributed by atoms with Gasteiger partial charge in [-0.05, 0) is 33.6 Å². The molecule has 0 spiro atoms. The molecule has 0 unspecified atom stereocenters. The highest BCUT2D eigenvalue weighted by Crippen LogP contribution is 2.26. The third-order valence-corrected chi connectivity index (χ3v) is 3.17. The van der Waals surface area contributed by atoms with Gasteiger partial charge in [0.05, 0.1) is 0 Å². The van der Waals surface area contributed by atoms with Crippen LogP contribution in [0.15, 0.2) is 0 Å². The van der Waals surface area contributed by atoms with Gasteiger partial charge in [0, 0.05) is 6.54 Å². The SMILES string of the molecule is CC(C)(C)OC(=O)N1CCC[C@@H]1C(=O)Nc1n[nH]c(C(F)(F)F)n1. The van der Waals surface area contributed by atoms with Gasteiger partial charge in [0.25, 0.3) is 0 Å². The second-order valence-electron chi connectivity index (χ2n) is 6.33. The molecule has 1 aromatic heterocycles. The zero-order valence-corrected chi connectivity index (χ0v) is 13.4. The molecule has 2 N–H and O–H groups in total. The van der Waals surface area contributed by atoms with E-state index in [9.17, 15) is 22.8 Å². The molecule has 1 aliphatic rings. The van der Waals surface area contributed by atoms with Crippen LogP contribution in [0.3, 0.4) is 0 Å². The summed E-state index contributed by atoms with van der Waals surface area (Å²) in [5.74, 6) is -2.47. The lowest BCUT2D eigenvalue weighted by Crippen LogP contribution is -2.45. The molecule has 1 fully saturated rings. The Balaban J connectivity index is 2.03. The number of carbonyl (C=O) groups excluding carboxylic acids is 2. The fraction of sp³-hybridized carbons (Fsp3) is 0.692. The van der Waals surface area contributed by atoms with Gasteiger partial charge in [0.15, 0.2) is 0 Å². The quantitative estimate of drug-likeness (QED) is 0.852. The van der Waals surface area contributed by atoms with Crippen LogP contribution in [-0.4, -0.2) is 50.3 Å². The number of rotatable bonds is 2. The van der Waals surface area contributed by atoms with Gasteiger partial charge in [-0.3, -0.25) is 20.1 Å². The first-order valence-corrected chi connectivity index (χ1v) is 7.27. The lowest BCUT2D eigenvalue weighted by Gasteiger charge is -2.27. The zero-order valence-electron chi connectivity index (χ0n) is 13.4. The van der Waals surface area contributed by atoms with Gasteiger partial charge >= 0.3 is 12.3 Å². The molecule has 0 aromatic carbocycles. The highest BCUT2D eigenvalue weighted by atomic mass is 19.4. The minimum absolute atomic E-state index is 0.328. The van der Waals surface area contributed by atoms with E-state index in [1.165, 1.54) is 4.90 Å². The van der Waals surface area contributed by atoms with Crippen LogP contribution in [0, 0.1) is 0 Å². The first-order chi connectivity index (χ1) is 11.0. The Morgan fingerprint density at radius 1 is 1.33 bits per heavy atom. The summed E-state index contributed by atoms with van der Waals surface area (Å²) in [5.41, 5.74) is -0.716. The number of ether oxygens (including phenoxy) is 1. The number of H-pyrrole nitrogens is 1. The van der Waals surface area contributed by atoms with Crippen LogP contribution >= 0.6 is 0 Å². The molecule has 1 aliphatic heterocycles. The van der Waals surface area contributed by atoms with E-state index in [0.29, 0.717) is 19.4 Å². The molecule has 0 saturated carbocycles. The second kappa shape index (κ2) is 6.29. The van der Waals surface area contributed by atoms with Crippen molar-refractivity contribution in [2.45, 2.75) is 51.4 Å². The van der Waals surface area contributed by atoms with Crippen LogP contribution in [0.25, 0.3) is 0 Å². The summed E-state index contributed by atoms with van der Waals surface area (Å²) >= 11 is 0. The Labute approximate surface area is 135 Å². The van der Waals surface area contributed by atoms with Crippen molar-refractivity contribution in [3.8, 4) is 0 Å². The molecule has 1 saturated heterocycles. The normalized spacial score (nSPS) is 18.6. The van der Waals surface area contributed by atoms with Crippen LogP contribution in [-0.2, 0) is 15.7 Å². The number of anilines is 1. The maximum atomic E-state index is 12.4. The third kappa shape index (κ3) is 4.36. The number of nitrogens with one attached hydrogen (secondary N) is 2. The Bertz CT molecular complexity index is 623. The topological polar surface area (TPSA) is 100 Å². The summed E-state index contributed by atoms with van der Waals surface area (Å²) in [7, 11) is 0.